The molecule has 0 unspecified atom stereocenters. The van der Waals surface area contributed by atoms with E-state index in [1.54, 1.807) is 18.2 Å². The fourth-order valence-corrected chi connectivity index (χ4v) is 1.88. The molecule has 0 aliphatic heterocycles. The average molecular weight is 299 g/mol. The number of alkyl halides is 3. The van der Waals surface area contributed by atoms with Gasteiger partial charge in [-0.05, 0) is 31.2 Å². The number of aryl methyl sites for hydroxylation is 1. The Kier molecular flexibility index (Phi) is 4.18. The lowest BCUT2D eigenvalue weighted by Crippen LogP contribution is -2.08. The van der Waals surface area contributed by atoms with Crippen molar-refractivity contribution in [3.8, 4) is 11.5 Å². The van der Waals surface area contributed by atoms with Crippen LogP contribution in [0.25, 0.3) is 0 Å². The highest BCUT2D eigenvalue weighted by molar-refractivity contribution is 5.41. The van der Waals surface area contributed by atoms with Gasteiger partial charge in [0.15, 0.2) is 0 Å². The maximum atomic E-state index is 13.2. The van der Waals surface area contributed by atoms with Gasteiger partial charge >= 0.3 is 6.18 Å². The SMILES string of the molecule is Cc1ccc(Oc2ccc(F)c(C(F)(F)F)c2)c(CN)c1. The monoisotopic (exact) mass is 299 g/mol. The van der Waals surface area contributed by atoms with E-state index >= 15 is 0 Å². The molecule has 6 heteroatoms. The summed E-state index contributed by atoms with van der Waals surface area (Å²) in [4.78, 5) is 0. The molecule has 2 nitrogen and oxygen atoms in total. The van der Waals surface area contributed by atoms with Crippen molar-refractivity contribution < 1.29 is 22.3 Å². The summed E-state index contributed by atoms with van der Waals surface area (Å²) in [5.74, 6) is -1.08. The maximum Gasteiger partial charge on any atom is 0.419 e. The van der Waals surface area contributed by atoms with E-state index in [1.807, 2.05) is 6.92 Å². The zero-order valence-corrected chi connectivity index (χ0v) is 11.2. The molecule has 0 fully saturated rings. The minimum Gasteiger partial charge on any atom is -0.457 e. The van der Waals surface area contributed by atoms with Gasteiger partial charge in [-0.3, -0.25) is 0 Å². The number of benzene rings is 2. The molecule has 112 valence electrons. The van der Waals surface area contributed by atoms with Crippen molar-refractivity contribution in [2.75, 3.05) is 0 Å². The fraction of sp³-hybridized carbons (Fsp3) is 0.200. The molecule has 0 bridgehead atoms. The molecule has 0 saturated carbocycles. The molecular formula is C15H13F4NO. The molecule has 0 saturated heterocycles. The van der Waals surface area contributed by atoms with Crippen LogP contribution in [0.1, 0.15) is 16.7 Å². The first-order valence-corrected chi connectivity index (χ1v) is 6.15. The topological polar surface area (TPSA) is 35.2 Å². The molecule has 2 aromatic carbocycles. The third kappa shape index (κ3) is 3.52. The van der Waals surface area contributed by atoms with Crippen molar-refractivity contribution >= 4 is 0 Å². The first-order valence-electron chi connectivity index (χ1n) is 6.15. The summed E-state index contributed by atoms with van der Waals surface area (Å²) in [6, 6.07) is 7.66. The van der Waals surface area contributed by atoms with Gasteiger partial charge in [-0.1, -0.05) is 17.7 Å². The van der Waals surface area contributed by atoms with Crippen molar-refractivity contribution in [1.82, 2.24) is 0 Å². The Morgan fingerprint density at radius 2 is 1.81 bits per heavy atom. The number of hydrogen-bond donors (Lipinski definition) is 1. The molecular weight excluding hydrogens is 286 g/mol. The molecule has 0 radical (unpaired) electrons. The Balaban J connectivity index is 2.37. The molecule has 0 aliphatic carbocycles. The van der Waals surface area contributed by atoms with E-state index in [2.05, 4.69) is 0 Å². The Hall–Kier alpha value is -2.08. The zero-order valence-electron chi connectivity index (χ0n) is 11.2. The van der Waals surface area contributed by atoms with E-state index in [1.165, 1.54) is 0 Å². The van der Waals surface area contributed by atoms with Crippen LogP contribution in [0.5, 0.6) is 11.5 Å². The van der Waals surface area contributed by atoms with Gasteiger partial charge in [-0.25, -0.2) is 4.39 Å². The van der Waals surface area contributed by atoms with Gasteiger partial charge in [0.2, 0.25) is 0 Å². The highest BCUT2D eigenvalue weighted by atomic mass is 19.4. The van der Waals surface area contributed by atoms with Gasteiger partial charge in [0, 0.05) is 12.1 Å². The maximum absolute atomic E-state index is 13.2. The standard InChI is InChI=1S/C15H13F4NO/c1-9-2-5-14(10(6-9)8-20)21-11-3-4-13(16)12(7-11)15(17,18)19/h2-7H,8,20H2,1H3. The Bertz CT molecular complexity index is 653. The number of halogens is 4. The summed E-state index contributed by atoms with van der Waals surface area (Å²) in [6.45, 7) is 2.05. The number of ether oxygens (including phenoxy) is 1. The highest BCUT2D eigenvalue weighted by Gasteiger charge is 2.34. The van der Waals surface area contributed by atoms with Gasteiger partial charge < -0.3 is 10.5 Å². The molecule has 0 amide bonds. The smallest absolute Gasteiger partial charge is 0.419 e. The lowest BCUT2D eigenvalue weighted by molar-refractivity contribution is -0.140. The van der Waals surface area contributed by atoms with Gasteiger partial charge in [0.05, 0.1) is 5.56 Å². The summed E-state index contributed by atoms with van der Waals surface area (Å²) >= 11 is 0. The molecule has 0 aliphatic rings. The Labute approximate surface area is 119 Å². The Morgan fingerprint density at radius 1 is 1.10 bits per heavy atom. The van der Waals surface area contributed by atoms with Crippen LogP contribution in [-0.4, -0.2) is 0 Å². The third-order valence-electron chi connectivity index (χ3n) is 2.91. The molecule has 2 N–H and O–H groups in total. The first kappa shape index (κ1) is 15.3. The van der Waals surface area contributed by atoms with Crippen molar-refractivity contribution in [1.29, 1.82) is 0 Å². The molecule has 21 heavy (non-hydrogen) atoms. The van der Waals surface area contributed by atoms with Crippen LogP contribution in [0.15, 0.2) is 36.4 Å². The molecule has 0 heterocycles. The van der Waals surface area contributed by atoms with E-state index in [9.17, 15) is 17.6 Å². The normalized spacial score (nSPS) is 11.5. The highest BCUT2D eigenvalue weighted by Crippen LogP contribution is 2.35. The van der Waals surface area contributed by atoms with Gasteiger partial charge in [-0.15, -0.1) is 0 Å². The van der Waals surface area contributed by atoms with E-state index in [4.69, 9.17) is 10.5 Å². The zero-order chi connectivity index (χ0) is 15.6. The van der Waals surface area contributed by atoms with Gasteiger partial charge in [-0.2, -0.15) is 13.2 Å². The van der Waals surface area contributed by atoms with Crippen molar-refractivity contribution in [3.05, 3.63) is 58.9 Å². The van der Waals surface area contributed by atoms with Crippen LogP contribution >= 0.6 is 0 Å². The first-order chi connectivity index (χ1) is 9.81. The summed E-state index contributed by atoms with van der Waals surface area (Å²) in [5, 5.41) is 0. The third-order valence-corrected chi connectivity index (χ3v) is 2.91. The summed E-state index contributed by atoms with van der Waals surface area (Å²) in [5.41, 5.74) is 5.83. The molecule has 0 aromatic heterocycles. The van der Waals surface area contributed by atoms with Crippen molar-refractivity contribution in [2.45, 2.75) is 19.6 Å². The van der Waals surface area contributed by atoms with Gasteiger partial charge in [0.25, 0.3) is 0 Å². The largest absolute Gasteiger partial charge is 0.457 e. The van der Waals surface area contributed by atoms with E-state index in [-0.39, 0.29) is 12.3 Å². The van der Waals surface area contributed by atoms with Crippen LogP contribution in [0, 0.1) is 12.7 Å². The second-order valence-corrected chi connectivity index (χ2v) is 4.56. The average Bonchev–Trinajstić information content (AvgIpc) is 2.41. The van der Waals surface area contributed by atoms with Crippen LogP contribution < -0.4 is 10.5 Å². The van der Waals surface area contributed by atoms with E-state index in [0.29, 0.717) is 17.4 Å². The van der Waals surface area contributed by atoms with Crippen LogP contribution in [-0.2, 0) is 12.7 Å². The van der Waals surface area contributed by atoms with Crippen molar-refractivity contribution in [3.63, 3.8) is 0 Å². The van der Waals surface area contributed by atoms with Crippen LogP contribution in [0.3, 0.4) is 0 Å². The minimum absolute atomic E-state index is 0.0951. The van der Waals surface area contributed by atoms with E-state index < -0.39 is 17.6 Å². The van der Waals surface area contributed by atoms with Crippen molar-refractivity contribution in [2.24, 2.45) is 5.73 Å². The second-order valence-electron chi connectivity index (χ2n) is 4.56. The fourth-order valence-electron chi connectivity index (χ4n) is 1.88. The predicted molar refractivity (Wildman–Crippen MR) is 70.5 cm³/mol. The molecule has 2 aromatic rings. The second kappa shape index (κ2) is 5.73. The minimum atomic E-state index is -4.77. The number of hydrogen-bond acceptors (Lipinski definition) is 2. The summed E-state index contributed by atoms with van der Waals surface area (Å²) in [7, 11) is 0. The summed E-state index contributed by atoms with van der Waals surface area (Å²) in [6.07, 6.45) is -4.77. The summed E-state index contributed by atoms with van der Waals surface area (Å²) < 4.78 is 56.6. The van der Waals surface area contributed by atoms with Crippen LogP contribution in [0.4, 0.5) is 17.6 Å². The lowest BCUT2D eigenvalue weighted by atomic mass is 10.1. The lowest BCUT2D eigenvalue weighted by Gasteiger charge is -2.13. The number of nitrogens with two attached hydrogens (primary N) is 1. The molecule has 0 atom stereocenters. The van der Waals surface area contributed by atoms with Gasteiger partial charge in [0.1, 0.15) is 17.3 Å². The van der Waals surface area contributed by atoms with E-state index in [0.717, 1.165) is 17.7 Å². The number of rotatable bonds is 3. The molecule has 2 rings (SSSR count). The molecule has 0 spiro atoms. The van der Waals surface area contributed by atoms with Crippen LogP contribution in [0.2, 0.25) is 0 Å². The predicted octanol–water partition coefficient (Wildman–Crippen LogP) is 4.40. The quantitative estimate of drug-likeness (QED) is 0.852. The Morgan fingerprint density at radius 3 is 2.43 bits per heavy atom.